The maximum atomic E-state index is 12.4. The average Bonchev–Trinajstić information content (AvgIpc) is 2.26. The zero-order chi connectivity index (χ0) is 12.6. The molecule has 1 aliphatic rings. The Bertz CT molecular complexity index is 428. The fraction of sp³-hybridized carbons (Fsp3) is 0.500. The highest BCUT2D eigenvalue weighted by atomic mass is 35.5. The summed E-state index contributed by atoms with van der Waals surface area (Å²) >= 11 is 5.80. The fourth-order valence-electron chi connectivity index (χ4n) is 2.16. The molecule has 1 aliphatic carbocycles. The van der Waals surface area contributed by atoms with Crippen molar-refractivity contribution in [3.05, 3.63) is 33.8 Å². The van der Waals surface area contributed by atoms with Gasteiger partial charge in [0.25, 0.3) is 0 Å². The summed E-state index contributed by atoms with van der Waals surface area (Å²) in [7, 11) is 0. The average molecular weight is 265 g/mol. The van der Waals surface area contributed by atoms with Gasteiger partial charge in [0, 0.05) is 10.6 Å². The van der Waals surface area contributed by atoms with Gasteiger partial charge in [-0.2, -0.15) is 13.2 Å². The van der Waals surface area contributed by atoms with Gasteiger partial charge in [-0.1, -0.05) is 17.7 Å². The van der Waals surface area contributed by atoms with E-state index in [-0.39, 0.29) is 10.6 Å². The molecule has 0 spiro atoms. The Morgan fingerprint density at radius 3 is 2.18 bits per heavy atom. The van der Waals surface area contributed by atoms with Crippen LogP contribution in [0, 0.1) is 0 Å². The lowest BCUT2D eigenvalue weighted by Gasteiger charge is -2.21. The van der Waals surface area contributed by atoms with Gasteiger partial charge in [-0.3, -0.25) is 0 Å². The van der Waals surface area contributed by atoms with Crippen LogP contribution in [0.25, 0.3) is 0 Å². The van der Waals surface area contributed by atoms with Crippen LogP contribution in [-0.2, 0) is 12.8 Å². The summed E-state index contributed by atoms with van der Waals surface area (Å²) in [6, 6.07) is 2.95. The van der Waals surface area contributed by atoms with Crippen molar-refractivity contribution in [1.82, 2.24) is 0 Å². The zero-order valence-corrected chi connectivity index (χ0v) is 9.78. The van der Waals surface area contributed by atoms with Crippen LogP contribution in [0.3, 0.4) is 0 Å². The summed E-state index contributed by atoms with van der Waals surface area (Å²) in [5, 5.41) is 9.23. The highest BCUT2D eigenvalue weighted by Gasteiger charge is 2.40. The van der Waals surface area contributed by atoms with E-state index in [1.165, 1.54) is 6.07 Å². The topological polar surface area (TPSA) is 20.2 Å². The van der Waals surface area contributed by atoms with E-state index in [4.69, 9.17) is 11.6 Å². The molecule has 0 fully saturated rings. The number of hydrogen-bond donors (Lipinski definition) is 1. The molecule has 5 heteroatoms. The zero-order valence-electron chi connectivity index (χ0n) is 9.02. The van der Waals surface area contributed by atoms with Crippen LogP contribution in [0.4, 0.5) is 13.2 Å². The van der Waals surface area contributed by atoms with Crippen molar-refractivity contribution in [3.63, 3.8) is 0 Å². The maximum Gasteiger partial charge on any atom is 0.418 e. The normalized spacial score (nSPS) is 17.7. The molecule has 94 valence electrons. The second-order valence-corrected chi connectivity index (χ2v) is 4.70. The molecule has 1 N–H and O–H groups in total. The van der Waals surface area contributed by atoms with Crippen molar-refractivity contribution in [1.29, 1.82) is 0 Å². The summed E-state index contributed by atoms with van der Waals surface area (Å²) < 4.78 is 37.3. The molecule has 1 nitrogen and oxygen atoms in total. The van der Waals surface area contributed by atoms with Gasteiger partial charge in [-0.25, -0.2) is 0 Å². The molecule has 17 heavy (non-hydrogen) atoms. The maximum absolute atomic E-state index is 12.4. The van der Waals surface area contributed by atoms with Crippen LogP contribution in [0.1, 0.15) is 35.6 Å². The van der Waals surface area contributed by atoms with Crippen LogP contribution in [0.5, 0.6) is 0 Å². The monoisotopic (exact) mass is 264 g/mol. The number of alkyl halides is 3. The first-order valence-corrected chi connectivity index (χ1v) is 5.83. The van der Waals surface area contributed by atoms with Crippen LogP contribution in [-0.4, -0.2) is 11.3 Å². The van der Waals surface area contributed by atoms with Gasteiger partial charge in [0.15, 0.2) is 6.10 Å². The Balaban J connectivity index is 2.41. The number of halogens is 4. The number of fused-ring (bicyclic) bond motifs is 1. The molecule has 1 unspecified atom stereocenters. The predicted octanol–water partition coefficient (Wildman–Crippen LogP) is 3.81. The quantitative estimate of drug-likeness (QED) is 0.818. The van der Waals surface area contributed by atoms with Gasteiger partial charge in [0.1, 0.15) is 0 Å². The summed E-state index contributed by atoms with van der Waals surface area (Å²) in [4.78, 5) is 0. The first-order valence-electron chi connectivity index (χ1n) is 5.45. The summed E-state index contributed by atoms with van der Waals surface area (Å²) in [5.41, 5.74) is 1.64. The molecule has 0 saturated carbocycles. The van der Waals surface area contributed by atoms with E-state index < -0.39 is 12.3 Å². The summed E-state index contributed by atoms with van der Waals surface area (Å²) in [5.74, 6) is 0. The first-order chi connectivity index (χ1) is 7.89. The number of hydrogen-bond acceptors (Lipinski definition) is 1. The molecular weight excluding hydrogens is 253 g/mol. The molecular formula is C12H12ClF3O. The van der Waals surface area contributed by atoms with Crippen LogP contribution >= 0.6 is 11.6 Å². The van der Waals surface area contributed by atoms with Gasteiger partial charge in [0.05, 0.1) is 0 Å². The van der Waals surface area contributed by atoms with Crippen molar-refractivity contribution in [2.75, 3.05) is 0 Å². The molecule has 0 heterocycles. The third kappa shape index (κ3) is 2.58. The second kappa shape index (κ2) is 4.50. The Kier molecular flexibility index (Phi) is 3.36. The van der Waals surface area contributed by atoms with E-state index in [9.17, 15) is 18.3 Å². The lowest BCUT2D eigenvalue weighted by Crippen LogP contribution is -2.21. The molecule has 1 aromatic rings. The molecule has 0 bridgehead atoms. The highest BCUT2D eigenvalue weighted by molar-refractivity contribution is 6.31. The van der Waals surface area contributed by atoms with Crippen molar-refractivity contribution in [2.24, 2.45) is 0 Å². The van der Waals surface area contributed by atoms with Crippen LogP contribution < -0.4 is 0 Å². The second-order valence-electron chi connectivity index (χ2n) is 4.29. The minimum atomic E-state index is -4.67. The SMILES string of the molecule is OC(c1cc2c(cc1Cl)CCCC2)C(F)(F)F. The Labute approximate surface area is 102 Å². The van der Waals surface area contributed by atoms with E-state index in [0.717, 1.165) is 36.8 Å². The highest BCUT2D eigenvalue weighted by Crippen LogP contribution is 2.38. The van der Waals surface area contributed by atoms with Crippen LogP contribution in [0.15, 0.2) is 12.1 Å². The number of aliphatic hydroxyl groups excluding tert-OH is 1. The van der Waals surface area contributed by atoms with Crippen LogP contribution in [0.2, 0.25) is 5.02 Å². The molecule has 0 radical (unpaired) electrons. The van der Waals surface area contributed by atoms with Crippen molar-refractivity contribution >= 4 is 11.6 Å². The smallest absolute Gasteiger partial charge is 0.379 e. The molecule has 1 atom stereocenters. The van der Waals surface area contributed by atoms with Gasteiger partial charge < -0.3 is 5.11 Å². The molecule has 0 amide bonds. The van der Waals surface area contributed by atoms with Gasteiger partial charge in [-0.05, 0) is 42.9 Å². The Morgan fingerprint density at radius 1 is 1.12 bits per heavy atom. The van der Waals surface area contributed by atoms with E-state index in [0.29, 0.717) is 0 Å². The summed E-state index contributed by atoms with van der Waals surface area (Å²) in [6.45, 7) is 0. The number of aliphatic hydroxyl groups is 1. The molecule has 1 aromatic carbocycles. The van der Waals surface area contributed by atoms with Crippen molar-refractivity contribution in [2.45, 2.75) is 38.0 Å². The molecule has 2 rings (SSSR count). The number of rotatable bonds is 1. The lowest BCUT2D eigenvalue weighted by molar-refractivity contribution is -0.206. The van der Waals surface area contributed by atoms with Crippen molar-refractivity contribution < 1.29 is 18.3 Å². The van der Waals surface area contributed by atoms with Crippen molar-refractivity contribution in [3.8, 4) is 0 Å². The largest absolute Gasteiger partial charge is 0.418 e. The molecule has 0 aliphatic heterocycles. The van der Waals surface area contributed by atoms with Gasteiger partial charge in [0.2, 0.25) is 0 Å². The molecule has 0 saturated heterocycles. The lowest BCUT2D eigenvalue weighted by atomic mass is 9.89. The minimum absolute atomic E-state index is 0.00419. The Hall–Kier alpha value is -0.740. The number of benzene rings is 1. The standard InChI is InChI=1S/C12H12ClF3O/c13-10-6-8-4-2-1-3-7(8)5-9(10)11(17)12(14,15)16/h5-6,11,17H,1-4H2. The molecule has 0 aromatic heterocycles. The van der Waals surface area contributed by atoms with Gasteiger partial charge >= 0.3 is 6.18 Å². The van der Waals surface area contributed by atoms with E-state index >= 15 is 0 Å². The predicted molar refractivity (Wildman–Crippen MR) is 59.1 cm³/mol. The first kappa shape index (κ1) is 12.7. The third-order valence-electron chi connectivity index (χ3n) is 3.07. The van der Waals surface area contributed by atoms with Gasteiger partial charge in [-0.15, -0.1) is 0 Å². The fourth-order valence-corrected chi connectivity index (χ4v) is 2.45. The van der Waals surface area contributed by atoms with E-state index in [2.05, 4.69) is 0 Å². The minimum Gasteiger partial charge on any atom is -0.379 e. The summed E-state index contributed by atoms with van der Waals surface area (Å²) in [6.07, 6.45) is -3.57. The Morgan fingerprint density at radius 2 is 1.65 bits per heavy atom. The van der Waals surface area contributed by atoms with E-state index in [1.54, 1.807) is 6.07 Å². The number of aryl methyl sites for hydroxylation is 2. The third-order valence-corrected chi connectivity index (χ3v) is 3.39. The van der Waals surface area contributed by atoms with E-state index in [1.807, 2.05) is 0 Å².